The van der Waals surface area contributed by atoms with Gasteiger partial charge in [0.1, 0.15) is 10.8 Å². The van der Waals surface area contributed by atoms with E-state index in [0.717, 1.165) is 35.4 Å². The third-order valence-electron chi connectivity index (χ3n) is 7.51. The first-order valence-electron chi connectivity index (χ1n) is 13.3. The summed E-state index contributed by atoms with van der Waals surface area (Å²) in [7, 11) is 0. The molecule has 2 amide bonds. The highest BCUT2D eigenvalue weighted by Gasteiger charge is 2.36. The molecule has 5 nitrogen and oxygen atoms in total. The van der Waals surface area contributed by atoms with E-state index in [1.54, 1.807) is 0 Å². The third kappa shape index (κ3) is 4.55. The van der Waals surface area contributed by atoms with Crippen LogP contribution in [0.25, 0.3) is 5.00 Å². The SMILES string of the molecule is CCOc1ccc([C@@H]2c3cccn3-c3sc4c(c3CN2C(=O)NCc2ccc(C)cc2)CCCC4)cc1. The zero-order valence-corrected chi connectivity index (χ0v) is 22.3. The lowest BCUT2D eigenvalue weighted by molar-refractivity contribution is 0.180. The van der Waals surface area contributed by atoms with Crippen LogP contribution in [0.2, 0.25) is 0 Å². The summed E-state index contributed by atoms with van der Waals surface area (Å²) in [6, 6.07) is 20.6. The Balaban J connectivity index is 1.41. The molecule has 2 aliphatic rings. The van der Waals surface area contributed by atoms with Crippen molar-refractivity contribution in [2.45, 2.75) is 58.7 Å². The van der Waals surface area contributed by atoms with Crippen molar-refractivity contribution in [3.63, 3.8) is 0 Å². The summed E-state index contributed by atoms with van der Waals surface area (Å²) < 4.78 is 8.03. The van der Waals surface area contributed by atoms with Crippen LogP contribution in [-0.4, -0.2) is 22.1 Å². The minimum atomic E-state index is -0.206. The number of nitrogens with zero attached hydrogens (tertiary/aromatic N) is 2. The molecule has 0 fully saturated rings. The predicted octanol–water partition coefficient (Wildman–Crippen LogP) is 6.94. The number of carbonyl (C=O) groups excluding carboxylic acids is 1. The van der Waals surface area contributed by atoms with Crippen molar-refractivity contribution in [3.8, 4) is 10.8 Å². The topological polar surface area (TPSA) is 46.5 Å². The fourth-order valence-electron chi connectivity index (χ4n) is 5.64. The molecule has 1 N–H and O–H groups in total. The molecule has 0 radical (unpaired) electrons. The quantitative estimate of drug-likeness (QED) is 0.315. The van der Waals surface area contributed by atoms with Gasteiger partial charge in [0.2, 0.25) is 0 Å². The number of aromatic nitrogens is 1. The number of aryl methyl sites for hydroxylation is 2. The highest BCUT2D eigenvalue weighted by molar-refractivity contribution is 7.15. The highest BCUT2D eigenvalue weighted by Crippen LogP contribution is 2.44. The molecule has 0 saturated carbocycles. The molecule has 0 saturated heterocycles. The molecular formula is C31H33N3O2S. The average Bonchev–Trinajstić information content (AvgIpc) is 3.51. The first-order chi connectivity index (χ1) is 18.1. The molecule has 0 unspecified atom stereocenters. The molecule has 2 aromatic heterocycles. The van der Waals surface area contributed by atoms with Crippen molar-refractivity contribution in [2.24, 2.45) is 0 Å². The Hall–Kier alpha value is -3.51. The second kappa shape index (κ2) is 10.1. The van der Waals surface area contributed by atoms with Crippen LogP contribution in [-0.2, 0) is 25.9 Å². The number of hydrogen-bond acceptors (Lipinski definition) is 3. The fourth-order valence-corrected chi connectivity index (χ4v) is 7.04. The Morgan fingerprint density at radius 2 is 1.81 bits per heavy atom. The largest absolute Gasteiger partial charge is 0.494 e. The van der Waals surface area contributed by atoms with Crippen LogP contribution in [0.5, 0.6) is 5.75 Å². The lowest BCUT2D eigenvalue weighted by atomic mass is 9.95. The van der Waals surface area contributed by atoms with Gasteiger partial charge in [-0.1, -0.05) is 42.0 Å². The van der Waals surface area contributed by atoms with Crippen LogP contribution in [0, 0.1) is 6.92 Å². The Morgan fingerprint density at radius 1 is 1.03 bits per heavy atom. The lowest BCUT2D eigenvalue weighted by Gasteiger charge is -2.31. The monoisotopic (exact) mass is 511 g/mol. The fraction of sp³-hybridized carbons (Fsp3) is 0.323. The molecule has 2 aromatic carbocycles. The summed E-state index contributed by atoms with van der Waals surface area (Å²) in [5, 5.41) is 4.50. The van der Waals surface area contributed by atoms with Crippen molar-refractivity contribution in [2.75, 3.05) is 6.61 Å². The van der Waals surface area contributed by atoms with Crippen LogP contribution < -0.4 is 10.1 Å². The Bertz CT molecular complexity index is 1400. The van der Waals surface area contributed by atoms with E-state index in [2.05, 4.69) is 71.5 Å². The minimum absolute atomic E-state index is 0.0455. The van der Waals surface area contributed by atoms with Gasteiger partial charge >= 0.3 is 6.03 Å². The number of fused-ring (bicyclic) bond motifs is 5. The van der Waals surface area contributed by atoms with Gasteiger partial charge in [-0.2, -0.15) is 0 Å². The molecule has 1 aliphatic heterocycles. The summed E-state index contributed by atoms with van der Waals surface area (Å²) >= 11 is 1.91. The van der Waals surface area contributed by atoms with Gasteiger partial charge in [-0.3, -0.25) is 0 Å². The summed E-state index contributed by atoms with van der Waals surface area (Å²) in [5.74, 6) is 0.846. The van der Waals surface area contributed by atoms with E-state index in [1.165, 1.54) is 39.4 Å². The van der Waals surface area contributed by atoms with E-state index >= 15 is 0 Å². The Morgan fingerprint density at radius 3 is 2.59 bits per heavy atom. The Labute approximate surface area is 222 Å². The maximum Gasteiger partial charge on any atom is 0.318 e. The summed E-state index contributed by atoms with van der Waals surface area (Å²) in [6.07, 6.45) is 6.87. The number of thiophene rings is 1. The maximum atomic E-state index is 14.0. The standard InChI is InChI=1S/C31H33N3O2S/c1-3-36-24-16-14-23(15-17-24)29-27-8-6-18-33(27)30-26(25-7-4-5-9-28(25)37-30)20-34(29)31(35)32-19-22-12-10-21(2)11-13-22/h6,8,10-18,29H,3-5,7,9,19-20H2,1-2H3,(H,32,35)/t29-/m1/s1. The van der Waals surface area contributed by atoms with Gasteiger partial charge in [-0.05, 0) is 80.5 Å². The molecule has 1 aliphatic carbocycles. The lowest BCUT2D eigenvalue weighted by Crippen LogP contribution is -2.41. The second-order valence-corrected chi connectivity index (χ2v) is 11.1. The average molecular weight is 512 g/mol. The van der Waals surface area contributed by atoms with Crippen molar-refractivity contribution < 1.29 is 9.53 Å². The smallest absolute Gasteiger partial charge is 0.318 e. The molecule has 0 spiro atoms. The zero-order valence-electron chi connectivity index (χ0n) is 21.5. The van der Waals surface area contributed by atoms with E-state index in [-0.39, 0.29) is 12.1 Å². The van der Waals surface area contributed by atoms with Gasteiger partial charge in [0, 0.05) is 23.2 Å². The van der Waals surface area contributed by atoms with Gasteiger partial charge in [0.25, 0.3) is 0 Å². The minimum Gasteiger partial charge on any atom is -0.494 e. The van der Waals surface area contributed by atoms with E-state index in [4.69, 9.17) is 4.74 Å². The van der Waals surface area contributed by atoms with Crippen molar-refractivity contribution in [1.82, 2.24) is 14.8 Å². The van der Waals surface area contributed by atoms with Crippen molar-refractivity contribution in [1.29, 1.82) is 0 Å². The first kappa shape index (κ1) is 23.9. The van der Waals surface area contributed by atoms with Gasteiger partial charge in [0.15, 0.2) is 0 Å². The van der Waals surface area contributed by atoms with Crippen LogP contribution in [0.3, 0.4) is 0 Å². The summed E-state index contributed by atoms with van der Waals surface area (Å²) in [5.41, 5.74) is 7.30. The first-order valence-corrected chi connectivity index (χ1v) is 14.1. The molecular weight excluding hydrogens is 478 g/mol. The van der Waals surface area contributed by atoms with Gasteiger partial charge in [0.05, 0.1) is 24.9 Å². The number of hydrogen-bond donors (Lipinski definition) is 1. The van der Waals surface area contributed by atoms with Crippen LogP contribution in [0.4, 0.5) is 4.79 Å². The third-order valence-corrected chi connectivity index (χ3v) is 8.84. The van der Waals surface area contributed by atoms with Crippen molar-refractivity contribution >= 4 is 17.4 Å². The number of carbonyl (C=O) groups is 1. The van der Waals surface area contributed by atoms with E-state index < -0.39 is 0 Å². The number of amides is 2. The van der Waals surface area contributed by atoms with Crippen LogP contribution in [0.1, 0.15) is 64.2 Å². The second-order valence-electron chi connectivity index (χ2n) is 9.97. The number of rotatable bonds is 5. The molecule has 0 bridgehead atoms. The molecule has 1 atom stereocenters. The molecule has 6 rings (SSSR count). The van der Waals surface area contributed by atoms with Crippen molar-refractivity contribution in [3.05, 3.63) is 105 Å². The molecule has 3 heterocycles. The van der Waals surface area contributed by atoms with Crippen LogP contribution >= 0.6 is 11.3 Å². The number of urea groups is 1. The van der Waals surface area contributed by atoms with Gasteiger partial charge in [-0.15, -0.1) is 11.3 Å². The van der Waals surface area contributed by atoms with Crippen LogP contribution in [0.15, 0.2) is 66.9 Å². The van der Waals surface area contributed by atoms with Gasteiger partial charge in [-0.25, -0.2) is 4.79 Å². The maximum absolute atomic E-state index is 14.0. The zero-order chi connectivity index (χ0) is 25.4. The number of nitrogens with one attached hydrogen (secondary N) is 1. The number of ether oxygens (including phenoxy) is 1. The molecule has 190 valence electrons. The Kier molecular flexibility index (Phi) is 6.51. The normalized spacial score (nSPS) is 16.4. The van der Waals surface area contributed by atoms with E-state index in [9.17, 15) is 4.79 Å². The summed E-state index contributed by atoms with van der Waals surface area (Å²) in [6.45, 7) is 5.80. The summed E-state index contributed by atoms with van der Waals surface area (Å²) in [4.78, 5) is 17.5. The molecule has 37 heavy (non-hydrogen) atoms. The molecule has 4 aromatic rings. The molecule has 6 heteroatoms. The van der Waals surface area contributed by atoms with E-state index in [0.29, 0.717) is 19.7 Å². The predicted molar refractivity (Wildman–Crippen MR) is 149 cm³/mol. The highest BCUT2D eigenvalue weighted by atomic mass is 32.1. The van der Waals surface area contributed by atoms with E-state index in [1.807, 2.05) is 35.3 Å². The van der Waals surface area contributed by atoms with Gasteiger partial charge < -0.3 is 19.5 Å². The number of benzene rings is 2.